The molecule has 20 heavy (non-hydrogen) atoms. The summed E-state index contributed by atoms with van der Waals surface area (Å²) in [5, 5.41) is 0. The monoisotopic (exact) mass is 282 g/mol. The standard InChI is InChI=1S/C15H26N2O3/c1-20-14(18)12-16-10-6-13(7-11-16)15(19)17-8-4-2-3-5-9-17/h13H,2-12H2,1H3. The number of esters is 1. The van der Waals surface area contributed by atoms with E-state index in [9.17, 15) is 9.59 Å². The number of carbonyl (C=O) groups excluding carboxylic acids is 2. The first-order chi connectivity index (χ1) is 9.70. The molecule has 0 unspecified atom stereocenters. The molecule has 0 radical (unpaired) electrons. The van der Waals surface area contributed by atoms with E-state index in [1.165, 1.54) is 20.0 Å². The molecule has 5 heteroatoms. The number of carbonyl (C=O) groups is 2. The maximum Gasteiger partial charge on any atom is 0.319 e. The number of likely N-dealkylation sites (tertiary alicyclic amines) is 2. The van der Waals surface area contributed by atoms with E-state index in [1.807, 2.05) is 0 Å². The van der Waals surface area contributed by atoms with Gasteiger partial charge in [-0.15, -0.1) is 0 Å². The fraction of sp³-hybridized carbons (Fsp3) is 0.867. The van der Waals surface area contributed by atoms with Gasteiger partial charge in [-0.25, -0.2) is 0 Å². The van der Waals surface area contributed by atoms with Gasteiger partial charge < -0.3 is 9.64 Å². The van der Waals surface area contributed by atoms with Gasteiger partial charge in [0, 0.05) is 19.0 Å². The number of rotatable bonds is 3. The molecule has 2 fully saturated rings. The molecule has 0 N–H and O–H groups in total. The molecule has 0 spiro atoms. The lowest BCUT2D eigenvalue weighted by Gasteiger charge is -2.33. The lowest BCUT2D eigenvalue weighted by atomic mass is 9.95. The van der Waals surface area contributed by atoms with Gasteiger partial charge >= 0.3 is 5.97 Å². The zero-order valence-electron chi connectivity index (χ0n) is 12.5. The highest BCUT2D eigenvalue weighted by molar-refractivity contribution is 5.79. The molecule has 0 aromatic heterocycles. The van der Waals surface area contributed by atoms with Crippen LogP contribution in [-0.2, 0) is 14.3 Å². The zero-order chi connectivity index (χ0) is 14.4. The minimum atomic E-state index is -0.192. The van der Waals surface area contributed by atoms with Crippen molar-refractivity contribution in [2.75, 3.05) is 39.8 Å². The Bertz CT molecular complexity index is 330. The van der Waals surface area contributed by atoms with Crippen molar-refractivity contribution in [2.24, 2.45) is 5.92 Å². The summed E-state index contributed by atoms with van der Waals surface area (Å²) in [7, 11) is 1.41. The molecule has 0 aromatic rings. The number of methoxy groups -OCH3 is 1. The first-order valence-electron chi connectivity index (χ1n) is 7.78. The Hall–Kier alpha value is -1.10. The van der Waals surface area contributed by atoms with Crippen LogP contribution in [0.1, 0.15) is 38.5 Å². The Morgan fingerprint density at radius 3 is 2.15 bits per heavy atom. The molecule has 0 atom stereocenters. The van der Waals surface area contributed by atoms with Crippen molar-refractivity contribution in [2.45, 2.75) is 38.5 Å². The second-order valence-electron chi connectivity index (χ2n) is 5.87. The highest BCUT2D eigenvalue weighted by Crippen LogP contribution is 2.21. The van der Waals surface area contributed by atoms with Gasteiger partial charge in [0.15, 0.2) is 0 Å². The van der Waals surface area contributed by atoms with E-state index in [4.69, 9.17) is 0 Å². The van der Waals surface area contributed by atoms with Gasteiger partial charge in [0.25, 0.3) is 0 Å². The van der Waals surface area contributed by atoms with Crippen LogP contribution in [0.5, 0.6) is 0 Å². The molecule has 2 heterocycles. The third-order valence-corrected chi connectivity index (χ3v) is 4.43. The third-order valence-electron chi connectivity index (χ3n) is 4.43. The molecule has 1 amide bonds. The van der Waals surface area contributed by atoms with E-state index in [2.05, 4.69) is 14.5 Å². The Morgan fingerprint density at radius 2 is 1.60 bits per heavy atom. The van der Waals surface area contributed by atoms with E-state index in [-0.39, 0.29) is 11.9 Å². The number of hydrogen-bond donors (Lipinski definition) is 0. The van der Waals surface area contributed by atoms with E-state index in [0.717, 1.165) is 51.9 Å². The van der Waals surface area contributed by atoms with Gasteiger partial charge in [0.05, 0.1) is 13.7 Å². The average Bonchev–Trinajstić information content (AvgIpc) is 2.76. The number of nitrogens with zero attached hydrogens (tertiary/aromatic N) is 2. The van der Waals surface area contributed by atoms with Crippen LogP contribution in [0, 0.1) is 5.92 Å². The normalized spacial score (nSPS) is 22.4. The Balaban J connectivity index is 1.77. The first kappa shape index (κ1) is 15.3. The summed E-state index contributed by atoms with van der Waals surface area (Å²) in [6, 6.07) is 0. The van der Waals surface area contributed by atoms with Crippen LogP contribution in [-0.4, -0.2) is 61.5 Å². The first-order valence-corrected chi connectivity index (χ1v) is 7.78. The van der Waals surface area contributed by atoms with Gasteiger partial charge in [0.1, 0.15) is 0 Å². The molecule has 0 saturated carbocycles. The number of ether oxygens (including phenoxy) is 1. The fourth-order valence-corrected chi connectivity index (χ4v) is 3.13. The molecule has 2 aliphatic heterocycles. The van der Waals surface area contributed by atoms with Crippen LogP contribution in [0.15, 0.2) is 0 Å². The quantitative estimate of drug-likeness (QED) is 0.732. The number of amides is 1. The summed E-state index contributed by atoms with van der Waals surface area (Å²) in [6.45, 7) is 3.85. The predicted octanol–water partition coefficient (Wildman–Crippen LogP) is 1.27. The summed E-state index contributed by atoms with van der Waals surface area (Å²) in [4.78, 5) is 27.9. The molecule has 2 saturated heterocycles. The lowest BCUT2D eigenvalue weighted by Crippen LogP contribution is -2.44. The van der Waals surface area contributed by atoms with Gasteiger partial charge in [0.2, 0.25) is 5.91 Å². The van der Waals surface area contributed by atoms with Crippen LogP contribution < -0.4 is 0 Å². The smallest absolute Gasteiger partial charge is 0.319 e. The molecule has 2 aliphatic rings. The van der Waals surface area contributed by atoms with Crippen molar-refractivity contribution in [1.82, 2.24) is 9.80 Å². The van der Waals surface area contributed by atoms with Crippen LogP contribution in [0.3, 0.4) is 0 Å². The summed E-state index contributed by atoms with van der Waals surface area (Å²) < 4.78 is 4.68. The minimum absolute atomic E-state index is 0.155. The Labute approximate surface area is 121 Å². The van der Waals surface area contributed by atoms with Crippen molar-refractivity contribution in [3.05, 3.63) is 0 Å². The van der Waals surface area contributed by atoms with Crippen LogP contribution in [0.2, 0.25) is 0 Å². The van der Waals surface area contributed by atoms with Crippen LogP contribution in [0.25, 0.3) is 0 Å². The molecule has 5 nitrogen and oxygen atoms in total. The lowest BCUT2D eigenvalue weighted by molar-refractivity contribution is -0.142. The van der Waals surface area contributed by atoms with Gasteiger partial charge in [-0.1, -0.05) is 12.8 Å². The summed E-state index contributed by atoms with van der Waals surface area (Å²) in [5.41, 5.74) is 0. The van der Waals surface area contributed by atoms with Crippen LogP contribution in [0.4, 0.5) is 0 Å². The largest absolute Gasteiger partial charge is 0.468 e. The molecule has 114 valence electrons. The van der Waals surface area contributed by atoms with Gasteiger partial charge in [-0.3, -0.25) is 14.5 Å². The molecular formula is C15H26N2O3. The van der Waals surface area contributed by atoms with E-state index >= 15 is 0 Å². The SMILES string of the molecule is COC(=O)CN1CCC(C(=O)N2CCCCCC2)CC1. The summed E-state index contributed by atoms with van der Waals surface area (Å²) >= 11 is 0. The summed E-state index contributed by atoms with van der Waals surface area (Å²) in [5.74, 6) is 0.300. The van der Waals surface area contributed by atoms with Crippen LogP contribution >= 0.6 is 0 Å². The van der Waals surface area contributed by atoms with Crippen molar-refractivity contribution in [1.29, 1.82) is 0 Å². The molecule has 2 rings (SSSR count). The van der Waals surface area contributed by atoms with Crippen molar-refractivity contribution in [3.63, 3.8) is 0 Å². The highest BCUT2D eigenvalue weighted by atomic mass is 16.5. The molecule has 0 bridgehead atoms. The number of piperidine rings is 1. The van der Waals surface area contributed by atoms with Crippen molar-refractivity contribution < 1.29 is 14.3 Å². The molecule has 0 aromatic carbocycles. The second kappa shape index (κ2) is 7.62. The fourth-order valence-electron chi connectivity index (χ4n) is 3.13. The maximum atomic E-state index is 12.5. The maximum absolute atomic E-state index is 12.5. The number of hydrogen-bond acceptors (Lipinski definition) is 4. The van der Waals surface area contributed by atoms with Crippen molar-refractivity contribution in [3.8, 4) is 0 Å². The van der Waals surface area contributed by atoms with Gasteiger partial charge in [-0.05, 0) is 38.8 Å². The van der Waals surface area contributed by atoms with Crippen molar-refractivity contribution >= 4 is 11.9 Å². The summed E-state index contributed by atoms with van der Waals surface area (Å²) in [6.07, 6.45) is 6.53. The Morgan fingerprint density at radius 1 is 1.00 bits per heavy atom. The minimum Gasteiger partial charge on any atom is -0.468 e. The second-order valence-corrected chi connectivity index (χ2v) is 5.87. The van der Waals surface area contributed by atoms with E-state index in [1.54, 1.807) is 0 Å². The molecule has 0 aliphatic carbocycles. The highest BCUT2D eigenvalue weighted by Gasteiger charge is 2.29. The Kier molecular flexibility index (Phi) is 5.83. The zero-order valence-corrected chi connectivity index (χ0v) is 12.5. The van der Waals surface area contributed by atoms with E-state index in [0.29, 0.717) is 12.5 Å². The third kappa shape index (κ3) is 4.20. The average molecular weight is 282 g/mol. The van der Waals surface area contributed by atoms with Gasteiger partial charge in [-0.2, -0.15) is 0 Å². The van der Waals surface area contributed by atoms with E-state index < -0.39 is 0 Å². The topological polar surface area (TPSA) is 49.9 Å². The predicted molar refractivity (Wildman–Crippen MR) is 76.2 cm³/mol. The molecular weight excluding hydrogens is 256 g/mol.